The zero-order chi connectivity index (χ0) is 22.9. The Hall–Kier alpha value is -3.33. The largest absolute Gasteiger partial charge is 0.339 e. The third-order valence-corrected chi connectivity index (χ3v) is 6.92. The number of nitrogens with zero attached hydrogens (tertiary/aromatic N) is 2. The summed E-state index contributed by atoms with van der Waals surface area (Å²) < 4.78 is 3.15. The number of hydrogen-bond acceptors (Lipinski definition) is 3. The van der Waals surface area contributed by atoms with Gasteiger partial charge in [-0.05, 0) is 77.7 Å². The zero-order valence-electron chi connectivity index (χ0n) is 18.6. The molecule has 3 heterocycles. The van der Waals surface area contributed by atoms with E-state index in [4.69, 9.17) is 4.98 Å². The quantitative estimate of drug-likeness (QED) is 0.249. The van der Waals surface area contributed by atoms with E-state index in [-0.39, 0.29) is 0 Å². The number of imidazole rings is 1. The van der Waals surface area contributed by atoms with Gasteiger partial charge in [0, 0.05) is 32.9 Å². The molecule has 2 aromatic carbocycles. The number of aromatic nitrogens is 2. The molecule has 0 saturated heterocycles. The summed E-state index contributed by atoms with van der Waals surface area (Å²) in [6.07, 6.45) is 2.07. The number of hydrogen-bond donors (Lipinski definition) is 1. The van der Waals surface area contributed by atoms with Gasteiger partial charge in [-0.15, -0.1) is 11.3 Å². The lowest BCUT2D eigenvalue weighted by Gasteiger charge is -2.14. The van der Waals surface area contributed by atoms with Gasteiger partial charge >= 0.3 is 0 Å². The molecule has 0 aliphatic rings. The smallest absolute Gasteiger partial charge is 0.144 e. The molecule has 5 aromatic rings. The third kappa shape index (κ3) is 4.32. The van der Waals surface area contributed by atoms with E-state index in [1.165, 1.54) is 11.1 Å². The molecule has 0 aliphatic carbocycles. The van der Waals surface area contributed by atoms with E-state index in [0.29, 0.717) is 0 Å². The molecule has 3 nitrogen and oxygen atoms in total. The maximum absolute atomic E-state index is 5.05. The summed E-state index contributed by atoms with van der Waals surface area (Å²) in [5.74, 6) is 7.49. The highest BCUT2D eigenvalue weighted by Crippen LogP contribution is 2.37. The van der Waals surface area contributed by atoms with Crippen molar-refractivity contribution in [1.82, 2.24) is 9.38 Å². The Kier molecular flexibility index (Phi) is 5.80. The van der Waals surface area contributed by atoms with Crippen LogP contribution in [0.2, 0.25) is 0 Å². The summed E-state index contributed by atoms with van der Waals surface area (Å²) in [6, 6.07) is 20.6. The summed E-state index contributed by atoms with van der Waals surface area (Å²) in [6.45, 7) is 6.34. The molecule has 0 spiro atoms. The Balaban J connectivity index is 1.63. The minimum Gasteiger partial charge on any atom is -0.339 e. The van der Waals surface area contributed by atoms with Crippen LogP contribution in [0.4, 0.5) is 11.5 Å². The van der Waals surface area contributed by atoms with E-state index in [9.17, 15) is 0 Å². The molecule has 0 unspecified atom stereocenters. The van der Waals surface area contributed by atoms with Gasteiger partial charge in [-0.3, -0.25) is 4.40 Å². The predicted octanol–water partition coefficient (Wildman–Crippen LogP) is 7.89. The van der Waals surface area contributed by atoms with Crippen LogP contribution in [0.3, 0.4) is 0 Å². The average molecular weight is 512 g/mol. The number of thiophene rings is 1. The molecule has 162 valence electrons. The third-order valence-electron chi connectivity index (χ3n) is 5.55. The number of para-hydroxylation sites is 1. The van der Waals surface area contributed by atoms with Crippen LogP contribution in [0.5, 0.6) is 0 Å². The lowest BCUT2D eigenvalue weighted by molar-refractivity contribution is 1.15. The van der Waals surface area contributed by atoms with Gasteiger partial charge in [0.05, 0.1) is 4.88 Å². The van der Waals surface area contributed by atoms with Crippen LogP contribution in [0.15, 0.2) is 76.7 Å². The van der Waals surface area contributed by atoms with E-state index in [1.54, 1.807) is 11.3 Å². The van der Waals surface area contributed by atoms with Gasteiger partial charge in [0.25, 0.3) is 0 Å². The van der Waals surface area contributed by atoms with Crippen molar-refractivity contribution in [2.24, 2.45) is 0 Å². The summed E-state index contributed by atoms with van der Waals surface area (Å²) in [5.41, 5.74) is 8.48. The van der Waals surface area contributed by atoms with Crippen molar-refractivity contribution < 1.29 is 0 Å². The lowest BCUT2D eigenvalue weighted by Crippen LogP contribution is -2.01. The minimum absolute atomic E-state index is 0.927. The molecule has 5 rings (SSSR count). The van der Waals surface area contributed by atoms with Crippen molar-refractivity contribution in [3.05, 3.63) is 105 Å². The van der Waals surface area contributed by atoms with Gasteiger partial charge in [-0.2, -0.15) is 0 Å². The molecule has 0 atom stereocenters. The lowest BCUT2D eigenvalue weighted by atomic mass is 10.1. The fraction of sp³-hybridized carbons (Fsp3) is 0.107. The second kappa shape index (κ2) is 8.90. The summed E-state index contributed by atoms with van der Waals surface area (Å²) in [4.78, 5) is 6.14. The Morgan fingerprint density at radius 3 is 2.36 bits per heavy atom. The van der Waals surface area contributed by atoms with Gasteiger partial charge in [-0.25, -0.2) is 4.98 Å². The average Bonchev–Trinajstić information content (AvgIpc) is 3.40. The first-order valence-corrected chi connectivity index (χ1v) is 12.3. The van der Waals surface area contributed by atoms with Crippen molar-refractivity contribution in [1.29, 1.82) is 0 Å². The van der Waals surface area contributed by atoms with Crippen LogP contribution in [0.25, 0.3) is 16.2 Å². The number of nitrogens with one attached hydrogen (secondary N) is 1. The van der Waals surface area contributed by atoms with Gasteiger partial charge in [-0.1, -0.05) is 48.2 Å². The normalized spacial score (nSPS) is 10.8. The Labute approximate surface area is 206 Å². The fourth-order valence-corrected chi connectivity index (χ4v) is 5.26. The van der Waals surface area contributed by atoms with Gasteiger partial charge in [0.15, 0.2) is 0 Å². The first-order chi connectivity index (χ1) is 16.0. The van der Waals surface area contributed by atoms with Crippen LogP contribution in [0, 0.1) is 32.6 Å². The number of fused-ring (bicyclic) bond motifs is 1. The summed E-state index contributed by atoms with van der Waals surface area (Å²) >= 11 is 5.32. The first-order valence-electron chi connectivity index (χ1n) is 10.7. The van der Waals surface area contributed by atoms with Crippen molar-refractivity contribution in [2.75, 3.05) is 5.32 Å². The van der Waals surface area contributed by atoms with Gasteiger partial charge in [0.1, 0.15) is 17.2 Å². The van der Waals surface area contributed by atoms with E-state index in [2.05, 4.69) is 100 Å². The molecular formula is C28H22BrN3S. The molecule has 1 N–H and O–H groups in total. The first kappa shape index (κ1) is 21.5. The molecule has 0 saturated carbocycles. The van der Waals surface area contributed by atoms with Gasteiger partial charge in [0.2, 0.25) is 0 Å². The molecule has 0 bridgehead atoms. The summed E-state index contributed by atoms with van der Waals surface area (Å²) in [5, 5.41) is 5.80. The molecule has 0 amide bonds. The van der Waals surface area contributed by atoms with Crippen LogP contribution in [0.1, 0.15) is 27.8 Å². The van der Waals surface area contributed by atoms with E-state index in [0.717, 1.165) is 48.9 Å². The Morgan fingerprint density at radius 1 is 0.879 bits per heavy atom. The number of rotatable bonds is 3. The predicted molar refractivity (Wildman–Crippen MR) is 143 cm³/mol. The van der Waals surface area contributed by atoms with Crippen molar-refractivity contribution in [3.8, 4) is 22.4 Å². The Bertz CT molecular complexity index is 1510. The molecular weight excluding hydrogens is 490 g/mol. The second-order valence-electron chi connectivity index (χ2n) is 8.05. The van der Waals surface area contributed by atoms with Crippen LogP contribution in [-0.2, 0) is 0 Å². The zero-order valence-corrected chi connectivity index (χ0v) is 21.0. The number of pyridine rings is 1. The van der Waals surface area contributed by atoms with Crippen LogP contribution < -0.4 is 5.32 Å². The molecule has 33 heavy (non-hydrogen) atoms. The molecule has 0 radical (unpaired) electrons. The van der Waals surface area contributed by atoms with Gasteiger partial charge < -0.3 is 5.32 Å². The molecule has 5 heteroatoms. The van der Waals surface area contributed by atoms with Crippen molar-refractivity contribution >= 4 is 44.4 Å². The van der Waals surface area contributed by atoms with E-state index >= 15 is 0 Å². The van der Waals surface area contributed by atoms with Crippen LogP contribution >= 0.6 is 27.3 Å². The number of anilines is 2. The summed E-state index contributed by atoms with van der Waals surface area (Å²) in [7, 11) is 0. The van der Waals surface area contributed by atoms with Crippen molar-refractivity contribution in [2.45, 2.75) is 20.8 Å². The van der Waals surface area contributed by atoms with Crippen molar-refractivity contribution in [3.63, 3.8) is 0 Å². The minimum atomic E-state index is 0.927. The highest BCUT2D eigenvalue weighted by molar-refractivity contribution is 9.10. The standard InChI is InChI=1S/C28H22BrN3S/c1-18-8-7-9-19(2)25(18)30-28-26(31-27-20(3)14-23(29)16-32(27)28)24-15-22(17-33-24)13-12-21-10-5-4-6-11-21/h4-11,14-17,30H,1-3H3. The second-order valence-corrected chi connectivity index (χ2v) is 9.88. The van der Waals surface area contributed by atoms with Crippen LogP contribution in [-0.4, -0.2) is 9.38 Å². The number of halogens is 1. The maximum Gasteiger partial charge on any atom is 0.144 e. The number of aryl methyl sites for hydroxylation is 3. The Morgan fingerprint density at radius 2 is 1.61 bits per heavy atom. The highest BCUT2D eigenvalue weighted by Gasteiger charge is 2.19. The molecule has 0 aliphatic heterocycles. The molecule has 3 aromatic heterocycles. The van der Waals surface area contributed by atoms with E-state index in [1.807, 2.05) is 30.3 Å². The fourth-order valence-electron chi connectivity index (χ4n) is 3.88. The highest BCUT2D eigenvalue weighted by atomic mass is 79.9. The maximum atomic E-state index is 5.05. The topological polar surface area (TPSA) is 29.3 Å². The SMILES string of the molecule is Cc1cccc(C)c1Nc1c(-c2cc(C#Cc3ccccc3)cs2)nc2c(C)cc(Br)cn12. The van der Waals surface area contributed by atoms with E-state index < -0.39 is 0 Å². The number of benzene rings is 2. The molecule has 0 fully saturated rings. The monoisotopic (exact) mass is 511 g/mol.